The molecule has 2 aromatic rings. The molecule has 2 aliphatic heterocycles. The molecule has 2 aromatic carbocycles. The summed E-state index contributed by atoms with van der Waals surface area (Å²) >= 11 is 0. The largest absolute Gasteiger partial charge is 0.378 e. The van der Waals surface area contributed by atoms with Crippen molar-refractivity contribution >= 4 is 27.3 Å². The second kappa shape index (κ2) is 8.57. The number of anilines is 2. The number of benzene rings is 2. The first-order chi connectivity index (χ1) is 16.1. The van der Waals surface area contributed by atoms with Crippen molar-refractivity contribution in [1.82, 2.24) is 4.72 Å². The monoisotopic (exact) mass is 483 g/mol. The van der Waals surface area contributed by atoms with Crippen LogP contribution in [0, 0.1) is 6.92 Å². The number of nitrogens with zero attached hydrogens (tertiary/aromatic N) is 1. The molecule has 1 unspecified atom stereocenters. The molecular formula is C26H33N3O4S. The summed E-state index contributed by atoms with van der Waals surface area (Å²) in [6, 6.07) is 12.3. The molecule has 0 radical (unpaired) electrons. The molecule has 1 saturated heterocycles. The minimum absolute atomic E-state index is 0.137. The zero-order valence-electron chi connectivity index (χ0n) is 20.1. The van der Waals surface area contributed by atoms with Crippen molar-refractivity contribution < 1.29 is 17.9 Å². The van der Waals surface area contributed by atoms with E-state index in [0.717, 1.165) is 44.0 Å². The van der Waals surface area contributed by atoms with Crippen LogP contribution < -0.4 is 14.9 Å². The Morgan fingerprint density at radius 3 is 2.56 bits per heavy atom. The van der Waals surface area contributed by atoms with Crippen LogP contribution in [-0.2, 0) is 20.2 Å². The Labute approximate surface area is 201 Å². The predicted molar refractivity (Wildman–Crippen MR) is 134 cm³/mol. The maximum atomic E-state index is 12.7. The molecular weight excluding hydrogens is 450 g/mol. The zero-order chi connectivity index (χ0) is 24.1. The molecule has 1 atom stereocenters. The van der Waals surface area contributed by atoms with Crippen LogP contribution in [0.1, 0.15) is 66.2 Å². The summed E-state index contributed by atoms with van der Waals surface area (Å²) in [6.45, 7) is 9.82. The zero-order valence-corrected chi connectivity index (χ0v) is 20.9. The Morgan fingerprint density at radius 1 is 1.12 bits per heavy atom. The normalized spacial score (nSPS) is 22.0. The number of carbonyl (C=O) groups is 1. The molecule has 2 N–H and O–H groups in total. The third-order valence-electron chi connectivity index (χ3n) is 7.27. The van der Waals surface area contributed by atoms with E-state index in [-0.39, 0.29) is 11.5 Å². The van der Waals surface area contributed by atoms with Gasteiger partial charge in [0.25, 0.3) is 5.91 Å². The van der Waals surface area contributed by atoms with Gasteiger partial charge in [0.15, 0.2) is 0 Å². The van der Waals surface area contributed by atoms with E-state index in [0.29, 0.717) is 18.4 Å². The highest BCUT2D eigenvalue weighted by Gasteiger charge is 2.38. The third-order valence-corrected chi connectivity index (χ3v) is 9.09. The van der Waals surface area contributed by atoms with Crippen molar-refractivity contribution in [2.45, 2.75) is 56.7 Å². The van der Waals surface area contributed by atoms with Crippen LogP contribution in [0.3, 0.4) is 0 Å². The lowest BCUT2D eigenvalue weighted by Crippen LogP contribution is -2.36. The quantitative estimate of drug-likeness (QED) is 0.671. The standard InChI is InChI=1S/C26H33N3O4S/c1-17-4-6-19(29-10-12-33-13-11-29)15-21(17)24-16-26(2,3)22-14-18(5-9-23(22)27-24)25(30)28-34(31,32)20-7-8-20/h4-6,9,14-15,20,24,27H,7-8,10-13,16H2,1-3H3,(H,28,30). The van der Waals surface area contributed by atoms with Crippen molar-refractivity contribution in [3.63, 3.8) is 0 Å². The van der Waals surface area contributed by atoms with E-state index in [1.54, 1.807) is 6.07 Å². The SMILES string of the molecule is Cc1ccc(N2CCOCC2)cc1C1CC(C)(C)c2cc(C(=O)NS(=O)(=O)C3CC3)ccc2N1. The molecule has 3 aliphatic rings. The summed E-state index contributed by atoms with van der Waals surface area (Å²) in [4.78, 5) is 15.1. The number of amides is 1. The molecule has 2 fully saturated rings. The topological polar surface area (TPSA) is 87.7 Å². The smallest absolute Gasteiger partial charge is 0.264 e. The van der Waals surface area contributed by atoms with Crippen LogP contribution >= 0.6 is 0 Å². The van der Waals surface area contributed by atoms with Gasteiger partial charge >= 0.3 is 0 Å². The lowest BCUT2D eigenvalue weighted by atomic mass is 9.73. The van der Waals surface area contributed by atoms with Crippen LogP contribution in [0.5, 0.6) is 0 Å². The van der Waals surface area contributed by atoms with Crippen LogP contribution in [0.4, 0.5) is 11.4 Å². The van der Waals surface area contributed by atoms with Crippen LogP contribution in [-0.4, -0.2) is 45.9 Å². The fourth-order valence-corrected chi connectivity index (χ4v) is 6.39. The number of hydrogen-bond donors (Lipinski definition) is 2. The highest BCUT2D eigenvalue weighted by molar-refractivity contribution is 7.91. The Kier molecular flexibility index (Phi) is 5.84. The maximum absolute atomic E-state index is 12.7. The van der Waals surface area contributed by atoms with Gasteiger partial charge in [0.2, 0.25) is 10.0 Å². The summed E-state index contributed by atoms with van der Waals surface area (Å²) in [5.74, 6) is -0.554. The molecule has 1 saturated carbocycles. The van der Waals surface area contributed by atoms with E-state index in [9.17, 15) is 13.2 Å². The maximum Gasteiger partial charge on any atom is 0.264 e. The number of nitrogens with one attached hydrogen (secondary N) is 2. The van der Waals surface area contributed by atoms with Crippen molar-refractivity contribution in [3.8, 4) is 0 Å². The molecule has 34 heavy (non-hydrogen) atoms. The number of aryl methyl sites for hydroxylation is 1. The molecule has 7 nitrogen and oxygen atoms in total. The van der Waals surface area contributed by atoms with E-state index in [2.05, 4.69) is 53.9 Å². The van der Waals surface area contributed by atoms with Gasteiger partial charge in [-0.3, -0.25) is 4.79 Å². The van der Waals surface area contributed by atoms with Gasteiger partial charge in [0.1, 0.15) is 0 Å². The van der Waals surface area contributed by atoms with Crippen molar-refractivity contribution in [2.75, 3.05) is 36.5 Å². The number of sulfonamides is 1. The number of morpholine rings is 1. The molecule has 182 valence electrons. The van der Waals surface area contributed by atoms with E-state index in [4.69, 9.17) is 4.74 Å². The first-order valence-electron chi connectivity index (χ1n) is 12.0. The predicted octanol–water partition coefficient (Wildman–Crippen LogP) is 3.89. The van der Waals surface area contributed by atoms with Crippen LogP contribution in [0.2, 0.25) is 0 Å². The second-order valence-electron chi connectivity index (χ2n) is 10.4. The first kappa shape index (κ1) is 23.2. The lowest BCUT2D eigenvalue weighted by molar-refractivity contribution is 0.0981. The van der Waals surface area contributed by atoms with Gasteiger partial charge in [-0.25, -0.2) is 13.1 Å². The Morgan fingerprint density at radius 2 is 1.85 bits per heavy atom. The van der Waals surface area contributed by atoms with Gasteiger partial charge in [-0.05, 0) is 78.6 Å². The molecule has 0 bridgehead atoms. The van der Waals surface area contributed by atoms with Crippen LogP contribution in [0.15, 0.2) is 36.4 Å². The van der Waals surface area contributed by atoms with Gasteiger partial charge in [-0.1, -0.05) is 19.9 Å². The van der Waals surface area contributed by atoms with Crippen molar-refractivity contribution in [3.05, 3.63) is 58.7 Å². The average molecular weight is 484 g/mol. The second-order valence-corrected chi connectivity index (χ2v) is 12.3. The van der Waals surface area contributed by atoms with E-state index < -0.39 is 21.2 Å². The Hall–Kier alpha value is -2.58. The highest BCUT2D eigenvalue weighted by Crippen LogP contribution is 2.45. The third kappa shape index (κ3) is 4.53. The van der Waals surface area contributed by atoms with E-state index >= 15 is 0 Å². The fourth-order valence-electron chi connectivity index (χ4n) is 5.09. The molecule has 0 spiro atoms. The van der Waals surface area contributed by atoms with E-state index in [1.165, 1.54) is 16.8 Å². The van der Waals surface area contributed by atoms with E-state index in [1.807, 2.05) is 12.1 Å². The van der Waals surface area contributed by atoms with Crippen LogP contribution in [0.25, 0.3) is 0 Å². The number of hydrogen-bond acceptors (Lipinski definition) is 6. The summed E-state index contributed by atoms with van der Waals surface area (Å²) in [5, 5.41) is 3.26. The van der Waals surface area contributed by atoms with Crippen molar-refractivity contribution in [2.24, 2.45) is 0 Å². The minimum atomic E-state index is -3.57. The fraction of sp³-hybridized carbons (Fsp3) is 0.500. The Bertz CT molecular complexity index is 1210. The Balaban J connectivity index is 1.40. The van der Waals surface area contributed by atoms with Gasteiger partial charge < -0.3 is 15.0 Å². The summed E-state index contributed by atoms with van der Waals surface area (Å²) in [7, 11) is -3.57. The summed E-state index contributed by atoms with van der Waals surface area (Å²) in [5.41, 5.74) is 5.94. The number of rotatable bonds is 5. The van der Waals surface area contributed by atoms with Gasteiger partial charge in [-0.2, -0.15) is 0 Å². The molecule has 1 amide bonds. The summed E-state index contributed by atoms with van der Waals surface area (Å²) < 4.78 is 32.2. The van der Waals surface area contributed by atoms with Crippen molar-refractivity contribution in [1.29, 1.82) is 0 Å². The highest BCUT2D eigenvalue weighted by atomic mass is 32.2. The molecule has 2 heterocycles. The first-order valence-corrected chi connectivity index (χ1v) is 13.6. The van der Waals surface area contributed by atoms with Gasteiger partial charge in [-0.15, -0.1) is 0 Å². The number of ether oxygens (including phenoxy) is 1. The number of fused-ring (bicyclic) bond motifs is 1. The minimum Gasteiger partial charge on any atom is -0.378 e. The van der Waals surface area contributed by atoms with Gasteiger partial charge in [0, 0.05) is 30.0 Å². The summed E-state index contributed by atoms with van der Waals surface area (Å²) in [6.07, 6.45) is 2.10. The number of carbonyl (C=O) groups excluding carboxylic acids is 1. The molecule has 1 aliphatic carbocycles. The molecule has 5 rings (SSSR count). The molecule has 8 heteroatoms. The van der Waals surface area contributed by atoms with Gasteiger partial charge in [0.05, 0.1) is 24.5 Å². The lowest BCUT2D eigenvalue weighted by Gasteiger charge is -2.40. The average Bonchev–Trinajstić information content (AvgIpc) is 3.65. The molecule has 0 aromatic heterocycles.